The van der Waals surface area contributed by atoms with Crippen molar-refractivity contribution in [2.24, 2.45) is 0 Å². The molecular formula is C19H20Cl2F3N3O. The molecule has 0 saturated heterocycles. The minimum atomic E-state index is -4.86. The zero-order valence-corrected chi connectivity index (χ0v) is 16.4. The van der Waals surface area contributed by atoms with E-state index in [1.165, 1.54) is 0 Å². The number of nitrogens with two attached hydrogens (primary N) is 1. The van der Waals surface area contributed by atoms with E-state index in [0.717, 1.165) is 21.6 Å². The molecule has 0 radical (unpaired) electrons. The minimum Gasteiger partial charge on any atom is -0.399 e. The molecule has 9 heteroatoms. The number of nitrogen functional groups attached to an aromatic ring is 1. The van der Waals surface area contributed by atoms with Gasteiger partial charge in [0.25, 0.3) is 0 Å². The minimum absolute atomic E-state index is 0. The van der Waals surface area contributed by atoms with Gasteiger partial charge < -0.3 is 16.0 Å². The fourth-order valence-corrected chi connectivity index (χ4v) is 3.44. The maximum atomic E-state index is 12.7. The monoisotopic (exact) mass is 433 g/mol. The van der Waals surface area contributed by atoms with Crippen LogP contribution in [0.25, 0.3) is 0 Å². The van der Waals surface area contributed by atoms with Crippen LogP contribution < -0.4 is 11.1 Å². The average molecular weight is 434 g/mol. The van der Waals surface area contributed by atoms with Gasteiger partial charge in [0, 0.05) is 25.3 Å². The second-order valence-electron chi connectivity index (χ2n) is 6.45. The molecule has 0 fully saturated rings. The fourth-order valence-electron chi connectivity index (χ4n) is 3.20. The molecule has 1 aliphatic heterocycles. The summed E-state index contributed by atoms with van der Waals surface area (Å²) in [7, 11) is 0. The first-order valence-corrected chi connectivity index (χ1v) is 8.88. The molecular weight excluding hydrogens is 414 g/mol. The number of alkyl halides is 3. The van der Waals surface area contributed by atoms with Crippen LogP contribution >= 0.6 is 24.0 Å². The van der Waals surface area contributed by atoms with Crippen molar-refractivity contribution in [2.45, 2.75) is 25.6 Å². The zero-order chi connectivity index (χ0) is 19.6. The molecule has 152 valence electrons. The summed E-state index contributed by atoms with van der Waals surface area (Å²) in [5.74, 6) is -1.79. The molecule has 1 aliphatic rings. The van der Waals surface area contributed by atoms with E-state index in [2.05, 4.69) is 5.32 Å². The number of halogens is 5. The Kier molecular flexibility index (Phi) is 7.06. The van der Waals surface area contributed by atoms with Crippen molar-refractivity contribution in [2.75, 3.05) is 24.1 Å². The van der Waals surface area contributed by atoms with Crippen molar-refractivity contribution < 1.29 is 18.0 Å². The molecule has 0 bridgehead atoms. The van der Waals surface area contributed by atoms with Crippen molar-refractivity contribution in [1.82, 2.24) is 4.90 Å². The van der Waals surface area contributed by atoms with Crippen LogP contribution in [0.3, 0.4) is 0 Å². The van der Waals surface area contributed by atoms with Crippen molar-refractivity contribution in [3.8, 4) is 0 Å². The predicted molar refractivity (Wildman–Crippen MR) is 107 cm³/mol. The number of nitrogens with one attached hydrogen (secondary N) is 1. The fraction of sp³-hybridized carbons (Fsp3) is 0.316. The Bertz CT molecular complexity index is 842. The summed E-state index contributed by atoms with van der Waals surface area (Å²) in [6, 6.07) is 10.9. The van der Waals surface area contributed by atoms with Gasteiger partial charge in [-0.15, -0.1) is 12.4 Å². The van der Waals surface area contributed by atoms with Gasteiger partial charge in [0.15, 0.2) is 0 Å². The van der Waals surface area contributed by atoms with Crippen molar-refractivity contribution in [1.29, 1.82) is 0 Å². The predicted octanol–water partition coefficient (Wildman–Crippen LogP) is 4.45. The lowest BCUT2D eigenvalue weighted by Crippen LogP contribution is -2.42. The number of fused-ring (bicyclic) bond motifs is 1. The lowest BCUT2D eigenvalue weighted by atomic mass is 10.0. The molecule has 2 aromatic rings. The van der Waals surface area contributed by atoms with E-state index in [0.29, 0.717) is 35.8 Å². The van der Waals surface area contributed by atoms with E-state index in [9.17, 15) is 18.0 Å². The molecule has 3 N–H and O–H groups in total. The standard InChI is InChI=1S/C19H19ClF3N3O.ClH/c20-16-6-3-13-7-9-26(18(27)19(21,22)23)10-8-15(13)17(16)25-11-12-1-4-14(24)5-2-12;/h1-6,25H,7-11,24H2;1H. The summed E-state index contributed by atoms with van der Waals surface area (Å²) in [6.45, 7) is 0.536. The van der Waals surface area contributed by atoms with Crippen LogP contribution in [0.2, 0.25) is 5.02 Å². The summed E-state index contributed by atoms with van der Waals surface area (Å²) < 4.78 is 38.2. The number of carbonyl (C=O) groups excluding carboxylic acids is 1. The number of benzene rings is 2. The largest absolute Gasteiger partial charge is 0.471 e. The summed E-state index contributed by atoms with van der Waals surface area (Å²) in [5.41, 5.74) is 9.81. The third-order valence-corrected chi connectivity index (χ3v) is 4.94. The number of rotatable bonds is 3. The lowest BCUT2D eigenvalue weighted by molar-refractivity contribution is -0.185. The van der Waals surface area contributed by atoms with Gasteiger partial charge in [-0.3, -0.25) is 4.79 Å². The van der Waals surface area contributed by atoms with E-state index in [-0.39, 0.29) is 25.5 Å². The van der Waals surface area contributed by atoms with Gasteiger partial charge in [-0.2, -0.15) is 13.2 Å². The summed E-state index contributed by atoms with van der Waals surface area (Å²) in [4.78, 5) is 12.4. The molecule has 1 amide bonds. The normalized spacial score (nSPS) is 13.9. The van der Waals surface area contributed by atoms with Gasteiger partial charge in [0.2, 0.25) is 0 Å². The molecule has 0 unspecified atom stereocenters. The Hall–Kier alpha value is -2.12. The number of hydrogen-bond acceptors (Lipinski definition) is 3. The number of nitrogens with zero attached hydrogens (tertiary/aromatic N) is 1. The molecule has 0 atom stereocenters. The molecule has 0 spiro atoms. The Balaban J connectivity index is 0.00000280. The highest BCUT2D eigenvalue weighted by Crippen LogP contribution is 2.32. The van der Waals surface area contributed by atoms with E-state index < -0.39 is 12.1 Å². The van der Waals surface area contributed by atoms with Gasteiger partial charge in [-0.05, 0) is 47.7 Å². The van der Waals surface area contributed by atoms with Crippen LogP contribution in [0.4, 0.5) is 24.5 Å². The first kappa shape index (κ1) is 22.2. The second-order valence-corrected chi connectivity index (χ2v) is 6.85. The summed E-state index contributed by atoms with van der Waals surface area (Å²) in [5, 5.41) is 3.78. The quantitative estimate of drug-likeness (QED) is 0.703. The van der Waals surface area contributed by atoms with Gasteiger partial charge in [0.1, 0.15) is 0 Å². The highest BCUT2D eigenvalue weighted by atomic mass is 35.5. The lowest BCUT2D eigenvalue weighted by Gasteiger charge is -2.21. The van der Waals surface area contributed by atoms with Crippen molar-refractivity contribution in [3.63, 3.8) is 0 Å². The van der Waals surface area contributed by atoms with Crippen molar-refractivity contribution >= 4 is 41.3 Å². The van der Waals surface area contributed by atoms with Crippen LogP contribution in [-0.4, -0.2) is 30.1 Å². The maximum Gasteiger partial charge on any atom is 0.471 e. The number of hydrogen-bond donors (Lipinski definition) is 2. The van der Waals surface area contributed by atoms with Crippen LogP contribution in [0, 0.1) is 0 Å². The Morgan fingerprint density at radius 1 is 1.11 bits per heavy atom. The average Bonchev–Trinajstić information content (AvgIpc) is 2.83. The maximum absolute atomic E-state index is 12.7. The zero-order valence-electron chi connectivity index (χ0n) is 14.9. The summed E-state index contributed by atoms with van der Waals surface area (Å²) in [6.07, 6.45) is -4.20. The molecule has 0 aliphatic carbocycles. The second kappa shape index (κ2) is 8.92. The Morgan fingerprint density at radius 2 is 1.75 bits per heavy atom. The highest BCUT2D eigenvalue weighted by molar-refractivity contribution is 6.33. The molecule has 28 heavy (non-hydrogen) atoms. The third kappa shape index (κ3) is 5.02. The summed E-state index contributed by atoms with van der Waals surface area (Å²) >= 11 is 6.33. The SMILES string of the molecule is Cl.Nc1ccc(CNc2c(Cl)ccc3c2CCN(C(=O)C(F)(F)F)CC3)cc1. The number of anilines is 2. The van der Waals surface area contributed by atoms with E-state index >= 15 is 0 Å². The van der Waals surface area contributed by atoms with Crippen LogP contribution in [0.15, 0.2) is 36.4 Å². The first-order chi connectivity index (χ1) is 12.8. The molecule has 1 heterocycles. The highest BCUT2D eigenvalue weighted by Gasteiger charge is 2.42. The van der Waals surface area contributed by atoms with Gasteiger partial charge in [0.05, 0.1) is 10.7 Å². The number of carbonyl (C=O) groups is 1. The van der Waals surface area contributed by atoms with Crippen LogP contribution in [-0.2, 0) is 24.2 Å². The third-order valence-electron chi connectivity index (χ3n) is 4.62. The molecule has 0 aromatic heterocycles. The molecule has 4 nitrogen and oxygen atoms in total. The smallest absolute Gasteiger partial charge is 0.399 e. The van der Waals surface area contributed by atoms with Crippen LogP contribution in [0.5, 0.6) is 0 Å². The van der Waals surface area contributed by atoms with Gasteiger partial charge in [-0.1, -0.05) is 29.8 Å². The van der Waals surface area contributed by atoms with Crippen LogP contribution in [0.1, 0.15) is 16.7 Å². The van der Waals surface area contributed by atoms with Gasteiger partial charge >= 0.3 is 12.1 Å². The first-order valence-electron chi connectivity index (χ1n) is 8.50. The van der Waals surface area contributed by atoms with Crippen molar-refractivity contribution in [3.05, 3.63) is 58.1 Å². The van der Waals surface area contributed by atoms with E-state index in [4.69, 9.17) is 17.3 Å². The molecule has 0 saturated carbocycles. The Morgan fingerprint density at radius 3 is 2.39 bits per heavy atom. The molecule has 3 rings (SSSR count). The topological polar surface area (TPSA) is 58.4 Å². The van der Waals surface area contributed by atoms with E-state index in [1.807, 2.05) is 18.2 Å². The van der Waals surface area contributed by atoms with E-state index in [1.54, 1.807) is 18.2 Å². The number of amides is 1. The Labute approximate surface area is 172 Å². The van der Waals surface area contributed by atoms with Gasteiger partial charge in [-0.25, -0.2) is 0 Å². The molecule has 2 aromatic carbocycles.